The predicted molar refractivity (Wildman–Crippen MR) is 119 cm³/mol. The molecule has 0 spiro atoms. The summed E-state index contributed by atoms with van der Waals surface area (Å²) in [5.74, 6) is 1.97. The van der Waals surface area contributed by atoms with E-state index >= 15 is 0 Å². The first kappa shape index (κ1) is 22.7. The Morgan fingerprint density at radius 3 is 2.84 bits per heavy atom. The van der Waals surface area contributed by atoms with Crippen LogP contribution in [-0.4, -0.2) is 60.6 Å². The van der Waals surface area contributed by atoms with E-state index in [2.05, 4.69) is 34.5 Å². The molecule has 1 aromatic carbocycles. The van der Waals surface area contributed by atoms with E-state index in [0.717, 1.165) is 57.6 Å². The van der Waals surface area contributed by atoms with Gasteiger partial charge in [-0.2, -0.15) is 4.98 Å². The van der Waals surface area contributed by atoms with E-state index in [1.54, 1.807) is 0 Å². The maximum Gasteiger partial charge on any atom is 0.317 e. The number of likely N-dealkylation sites (tertiary alicyclic amines) is 1. The number of aromatic nitrogens is 2. The molecule has 0 radical (unpaired) electrons. The van der Waals surface area contributed by atoms with E-state index < -0.39 is 0 Å². The molecule has 1 unspecified atom stereocenters. The van der Waals surface area contributed by atoms with Crippen molar-refractivity contribution in [3.8, 4) is 0 Å². The number of rotatable bonds is 8. The number of carbonyl (C=O) groups excluding carboxylic acids is 1. The van der Waals surface area contributed by atoms with Gasteiger partial charge in [0.05, 0.1) is 12.5 Å². The van der Waals surface area contributed by atoms with E-state index in [9.17, 15) is 4.79 Å². The molecule has 1 atom stereocenters. The second kappa shape index (κ2) is 11.4. The van der Waals surface area contributed by atoms with Crippen LogP contribution in [0, 0.1) is 12.8 Å². The van der Waals surface area contributed by atoms with Gasteiger partial charge in [-0.25, -0.2) is 4.79 Å². The van der Waals surface area contributed by atoms with Crippen molar-refractivity contribution < 1.29 is 18.8 Å². The van der Waals surface area contributed by atoms with E-state index in [-0.39, 0.29) is 11.9 Å². The number of piperidine rings is 1. The number of carbonyl (C=O) groups is 1. The van der Waals surface area contributed by atoms with E-state index in [1.165, 1.54) is 5.56 Å². The van der Waals surface area contributed by atoms with Gasteiger partial charge in [-0.15, -0.1) is 0 Å². The van der Waals surface area contributed by atoms with Crippen LogP contribution in [0.15, 0.2) is 28.8 Å². The van der Waals surface area contributed by atoms with Crippen LogP contribution in [0.3, 0.4) is 0 Å². The van der Waals surface area contributed by atoms with Crippen LogP contribution in [0.1, 0.15) is 54.4 Å². The maximum absolute atomic E-state index is 12.6. The summed E-state index contributed by atoms with van der Waals surface area (Å²) in [6, 6.07) is 8.16. The van der Waals surface area contributed by atoms with Crippen molar-refractivity contribution in [3.63, 3.8) is 0 Å². The maximum atomic E-state index is 12.6. The summed E-state index contributed by atoms with van der Waals surface area (Å²) < 4.78 is 16.7. The molecule has 0 bridgehead atoms. The molecule has 32 heavy (non-hydrogen) atoms. The van der Waals surface area contributed by atoms with Crippen molar-refractivity contribution in [1.82, 2.24) is 20.4 Å². The molecular formula is C24H34N4O4. The smallest absolute Gasteiger partial charge is 0.317 e. The Bertz CT molecular complexity index is 848. The molecule has 2 fully saturated rings. The van der Waals surface area contributed by atoms with Crippen molar-refractivity contribution >= 4 is 6.03 Å². The molecule has 4 rings (SSSR count). The summed E-state index contributed by atoms with van der Waals surface area (Å²) in [6.45, 7) is 6.96. The Kier molecular flexibility index (Phi) is 8.12. The normalized spacial score (nSPS) is 19.8. The fourth-order valence-electron chi connectivity index (χ4n) is 4.22. The molecule has 0 aliphatic carbocycles. The molecule has 2 aromatic rings. The number of amides is 2. The molecule has 2 aliphatic rings. The van der Waals surface area contributed by atoms with Gasteiger partial charge in [-0.05, 0) is 44.1 Å². The lowest BCUT2D eigenvalue weighted by Gasteiger charge is -2.31. The van der Waals surface area contributed by atoms with Crippen LogP contribution in [0.25, 0.3) is 0 Å². The number of hydrogen-bond donors (Lipinski definition) is 1. The van der Waals surface area contributed by atoms with Crippen LogP contribution < -0.4 is 5.32 Å². The lowest BCUT2D eigenvalue weighted by atomic mass is 9.98. The summed E-state index contributed by atoms with van der Waals surface area (Å²) in [7, 11) is 0. The van der Waals surface area contributed by atoms with E-state index in [1.807, 2.05) is 17.0 Å². The fraction of sp³-hybridized carbons (Fsp3) is 0.625. The van der Waals surface area contributed by atoms with Crippen LogP contribution in [0.5, 0.6) is 0 Å². The summed E-state index contributed by atoms with van der Waals surface area (Å²) in [5.41, 5.74) is 2.31. The second-order valence-corrected chi connectivity index (χ2v) is 8.86. The number of urea groups is 1. The molecule has 2 aliphatic heterocycles. The van der Waals surface area contributed by atoms with Gasteiger partial charge >= 0.3 is 6.03 Å². The molecule has 8 nitrogen and oxygen atoms in total. The summed E-state index contributed by atoms with van der Waals surface area (Å²) >= 11 is 0. The molecule has 1 aromatic heterocycles. The molecule has 2 saturated heterocycles. The molecule has 8 heteroatoms. The number of aryl methyl sites for hydroxylation is 1. The Balaban J connectivity index is 1.20. The van der Waals surface area contributed by atoms with Crippen LogP contribution in [0.4, 0.5) is 4.79 Å². The zero-order valence-corrected chi connectivity index (χ0v) is 18.9. The van der Waals surface area contributed by atoms with Crippen molar-refractivity contribution in [2.75, 3.05) is 39.5 Å². The lowest BCUT2D eigenvalue weighted by Crippen LogP contribution is -2.44. The molecule has 1 N–H and O–H groups in total. The minimum atomic E-state index is -0.0449. The van der Waals surface area contributed by atoms with Crippen molar-refractivity contribution in [1.29, 1.82) is 0 Å². The highest BCUT2D eigenvalue weighted by Crippen LogP contribution is 2.26. The topological polar surface area (TPSA) is 89.7 Å². The number of nitrogens with one attached hydrogen (secondary N) is 1. The Labute approximate surface area is 189 Å². The molecular weight excluding hydrogens is 408 g/mol. The summed E-state index contributed by atoms with van der Waals surface area (Å²) in [5, 5.41) is 7.15. The van der Waals surface area contributed by atoms with Gasteiger partial charge in [-0.3, -0.25) is 0 Å². The Morgan fingerprint density at radius 1 is 1.22 bits per heavy atom. The summed E-state index contributed by atoms with van der Waals surface area (Å²) in [6.07, 6.45) is 4.66. The lowest BCUT2D eigenvalue weighted by molar-refractivity contribution is 0.0211. The highest BCUT2D eigenvalue weighted by atomic mass is 16.5. The highest BCUT2D eigenvalue weighted by molar-refractivity contribution is 5.74. The molecule has 0 saturated carbocycles. The third-order valence-corrected chi connectivity index (χ3v) is 6.27. The van der Waals surface area contributed by atoms with E-state index in [0.29, 0.717) is 43.8 Å². The molecule has 2 amide bonds. The SMILES string of the molecule is Cc1ccc(CNC(=O)N2CCCC(c3nc(CCOCC4CCOCC4)no3)C2)cc1. The zero-order valence-electron chi connectivity index (χ0n) is 18.9. The Morgan fingerprint density at radius 2 is 2.03 bits per heavy atom. The monoisotopic (exact) mass is 442 g/mol. The summed E-state index contributed by atoms with van der Waals surface area (Å²) in [4.78, 5) is 19.1. The second-order valence-electron chi connectivity index (χ2n) is 8.86. The van der Waals surface area contributed by atoms with Crippen LogP contribution in [-0.2, 0) is 22.4 Å². The van der Waals surface area contributed by atoms with Gasteiger partial charge in [0.2, 0.25) is 5.89 Å². The van der Waals surface area contributed by atoms with Gasteiger partial charge in [0.25, 0.3) is 0 Å². The molecule has 3 heterocycles. The van der Waals surface area contributed by atoms with Gasteiger partial charge in [0.1, 0.15) is 0 Å². The van der Waals surface area contributed by atoms with Gasteiger partial charge in [0, 0.05) is 45.9 Å². The number of ether oxygens (including phenoxy) is 2. The van der Waals surface area contributed by atoms with Crippen LogP contribution >= 0.6 is 0 Å². The number of nitrogens with zero attached hydrogens (tertiary/aromatic N) is 3. The highest BCUT2D eigenvalue weighted by Gasteiger charge is 2.28. The average molecular weight is 443 g/mol. The third kappa shape index (κ3) is 6.53. The van der Waals surface area contributed by atoms with Gasteiger partial charge < -0.3 is 24.2 Å². The number of hydrogen-bond acceptors (Lipinski definition) is 6. The van der Waals surface area contributed by atoms with E-state index in [4.69, 9.17) is 14.0 Å². The van der Waals surface area contributed by atoms with Crippen molar-refractivity contribution in [2.45, 2.75) is 51.5 Å². The zero-order chi connectivity index (χ0) is 22.2. The average Bonchev–Trinajstić information content (AvgIpc) is 3.31. The first-order valence-corrected chi connectivity index (χ1v) is 11.7. The van der Waals surface area contributed by atoms with Gasteiger partial charge in [-0.1, -0.05) is 35.0 Å². The van der Waals surface area contributed by atoms with Crippen LogP contribution in [0.2, 0.25) is 0 Å². The number of benzene rings is 1. The first-order chi connectivity index (χ1) is 15.7. The minimum absolute atomic E-state index is 0.0449. The largest absolute Gasteiger partial charge is 0.381 e. The third-order valence-electron chi connectivity index (χ3n) is 6.27. The quantitative estimate of drug-likeness (QED) is 0.630. The minimum Gasteiger partial charge on any atom is -0.381 e. The van der Waals surface area contributed by atoms with Gasteiger partial charge in [0.15, 0.2) is 5.82 Å². The predicted octanol–water partition coefficient (Wildman–Crippen LogP) is 3.45. The van der Waals surface area contributed by atoms with Crippen molar-refractivity contribution in [3.05, 3.63) is 47.1 Å². The Hall–Kier alpha value is -2.45. The fourth-order valence-corrected chi connectivity index (χ4v) is 4.22. The first-order valence-electron chi connectivity index (χ1n) is 11.7. The molecule has 174 valence electrons. The standard InChI is InChI=1S/C24H34N4O4/c1-18-4-6-19(7-5-18)15-25-24(29)28-11-2-3-21(16-28)23-26-22(27-32-23)10-14-31-17-20-8-12-30-13-9-20/h4-7,20-21H,2-3,8-17H2,1H3,(H,25,29). The van der Waals surface area contributed by atoms with Crippen molar-refractivity contribution in [2.24, 2.45) is 5.92 Å².